The van der Waals surface area contributed by atoms with Gasteiger partial charge in [-0.2, -0.15) is 5.26 Å². The van der Waals surface area contributed by atoms with Gasteiger partial charge in [0.05, 0.1) is 6.07 Å². The number of rotatable bonds is 4. The van der Waals surface area contributed by atoms with Crippen LogP contribution >= 0.6 is 0 Å². The maximum Gasteiger partial charge on any atom is 0.416 e. The summed E-state index contributed by atoms with van der Waals surface area (Å²) >= 11 is 0. The molecule has 0 bridgehead atoms. The van der Waals surface area contributed by atoms with Crippen molar-refractivity contribution in [3.63, 3.8) is 0 Å². The van der Waals surface area contributed by atoms with Gasteiger partial charge in [-0.15, -0.1) is 0 Å². The van der Waals surface area contributed by atoms with E-state index in [0.717, 1.165) is 18.4 Å². The molecule has 0 aromatic rings. The minimum atomic E-state index is -0.0189. The molecule has 1 aliphatic rings. The Bertz CT molecular complexity index is 349. The lowest BCUT2D eigenvalue weighted by molar-refractivity contribution is 0.177. The molecule has 1 unspecified atom stereocenters. The Labute approximate surface area is 112 Å². The van der Waals surface area contributed by atoms with Gasteiger partial charge < -0.3 is 9.47 Å². The minimum Gasteiger partial charge on any atom is -0.415 e. The van der Waals surface area contributed by atoms with Gasteiger partial charge in [-0.3, -0.25) is 0 Å². The summed E-state index contributed by atoms with van der Waals surface area (Å²) in [6.07, 6.45) is 2.16. The first-order valence-electron chi connectivity index (χ1n) is 6.94. The first kappa shape index (κ1) is 15.3. The third-order valence-corrected chi connectivity index (χ3v) is 3.64. The van der Waals surface area contributed by atoms with Gasteiger partial charge in [0, 0.05) is 11.7 Å². The highest BCUT2D eigenvalue weighted by molar-refractivity contribution is 6.58. The molecule has 1 fully saturated rings. The highest BCUT2D eigenvalue weighted by Gasteiger charge is 2.41. The van der Waals surface area contributed by atoms with Crippen LogP contribution in [0.3, 0.4) is 0 Å². The molecule has 0 spiro atoms. The number of nitrogens with zero attached hydrogens (tertiary/aromatic N) is 2. The third kappa shape index (κ3) is 3.16. The van der Waals surface area contributed by atoms with Crippen LogP contribution in [0.25, 0.3) is 0 Å². The Kier molecular flexibility index (Phi) is 5.43. The molecule has 0 aromatic carbocycles. The van der Waals surface area contributed by atoms with Crippen molar-refractivity contribution in [1.29, 1.82) is 5.26 Å². The molecule has 4 heteroatoms. The summed E-state index contributed by atoms with van der Waals surface area (Å²) in [5.74, 6) is 0. The molecule has 0 aliphatic carbocycles. The Morgan fingerprint density at radius 3 is 2.39 bits per heavy atom. The molecule has 0 saturated carbocycles. The Balaban J connectivity index is 3.07. The largest absolute Gasteiger partial charge is 0.416 e. The summed E-state index contributed by atoms with van der Waals surface area (Å²) in [6.45, 7) is 12.8. The third-order valence-electron chi connectivity index (χ3n) is 3.64. The Morgan fingerprint density at radius 2 is 2.00 bits per heavy atom. The monoisotopic (exact) mass is 248 g/mol. The van der Waals surface area contributed by atoms with Crippen molar-refractivity contribution in [1.82, 2.24) is 4.81 Å². The van der Waals surface area contributed by atoms with E-state index in [2.05, 4.69) is 45.5 Å². The Morgan fingerprint density at radius 1 is 1.44 bits per heavy atom. The van der Waals surface area contributed by atoms with Gasteiger partial charge in [0.2, 0.25) is 0 Å². The molecule has 1 aliphatic heterocycles. The first-order valence-corrected chi connectivity index (χ1v) is 6.94. The molecule has 18 heavy (non-hydrogen) atoms. The topological polar surface area (TPSA) is 36.3 Å². The summed E-state index contributed by atoms with van der Waals surface area (Å²) in [5, 5.41) is 9.15. The van der Waals surface area contributed by atoms with Gasteiger partial charge in [-0.05, 0) is 37.3 Å². The van der Waals surface area contributed by atoms with E-state index >= 15 is 0 Å². The molecule has 0 aromatic heterocycles. The summed E-state index contributed by atoms with van der Waals surface area (Å²) in [5.41, 5.74) is 1.99. The van der Waals surface area contributed by atoms with Gasteiger partial charge in [0.25, 0.3) is 0 Å². The van der Waals surface area contributed by atoms with Crippen LogP contribution in [0.4, 0.5) is 0 Å². The van der Waals surface area contributed by atoms with Crippen LogP contribution in [0.5, 0.6) is 0 Å². The van der Waals surface area contributed by atoms with Gasteiger partial charge >= 0.3 is 7.05 Å². The number of hydrogen-bond acceptors (Lipinski definition) is 3. The molecule has 1 heterocycles. The fourth-order valence-corrected chi connectivity index (χ4v) is 2.70. The second-order valence-corrected chi connectivity index (χ2v) is 5.62. The van der Waals surface area contributed by atoms with E-state index in [1.54, 1.807) is 0 Å². The fraction of sp³-hybridized carbons (Fsp3) is 0.786. The summed E-state index contributed by atoms with van der Waals surface area (Å²) < 4.78 is 6.15. The normalized spacial score (nSPS) is 23.1. The van der Waals surface area contributed by atoms with Gasteiger partial charge in [0.1, 0.15) is 0 Å². The van der Waals surface area contributed by atoms with Crippen molar-refractivity contribution in [3.8, 4) is 6.07 Å². The average molecular weight is 248 g/mol. The summed E-state index contributed by atoms with van der Waals surface area (Å²) in [4.78, 5) is 2.35. The second kappa shape index (κ2) is 6.40. The number of allylic oxidation sites excluding steroid dienone is 1. The second-order valence-electron chi connectivity index (χ2n) is 5.62. The zero-order valence-electron chi connectivity index (χ0n) is 12.5. The van der Waals surface area contributed by atoms with Crippen LogP contribution in [-0.4, -0.2) is 30.0 Å². The number of nitriles is 1. The molecule has 1 rings (SSSR count). The van der Waals surface area contributed by atoms with E-state index in [0.29, 0.717) is 12.1 Å². The average Bonchev–Trinajstić information content (AvgIpc) is 2.71. The molecule has 100 valence electrons. The summed E-state index contributed by atoms with van der Waals surface area (Å²) in [6, 6.07) is 3.11. The lowest BCUT2D eigenvalue weighted by Gasteiger charge is -2.34. The predicted octanol–water partition coefficient (Wildman–Crippen LogP) is 3.17. The van der Waals surface area contributed by atoms with E-state index in [-0.39, 0.29) is 13.2 Å². The van der Waals surface area contributed by atoms with Crippen LogP contribution in [0.1, 0.15) is 54.4 Å². The van der Waals surface area contributed by atoms with Gasteiger partial charge in [-0.25, -0.2) is 0 Å². The molecule has 0 radical (unpaired) electrons. The fourth-order valence-electron chi connectivity index (χ4n) is 2.70. The van der Waals surface area contributed by atoms with Crippen molar-refractivity contribution in [2.75, 3.05) is 0 Å². The standard InChI is InChI=1S/C14H25BN2O/c1-7-13-8-14(12(6)9-16)15(18-13)17(10(2)3)11(4)5/h10-11,13H,7-8H2,1-6H3/b14-12+. The molecular formula is C14H25BN2O. The molecule has 0 N–H and O–H groups in total. The number of hydrogen-bond donors (Lipinski definition) is 0. The van der Waals surface area contributed by atoms with E-state index in [1.807, 2.05) is 6.92 Å². The van der Waals surface area contributed by atoms with E-state index in [1.165, 1.54) is 5.47 Å². The van der Waals surface area contributed by atoms with Gasteiger partial charge in [-0.1, -0.05) is 34.6 Å². The highest BCUT2D eigenvalue weighted by atomic mass is 16.5. The van der Waals surface area contributed by atoms with Crippen molar-refractivity contribution in [2.45, 2.75) is 72.6 Å². The van der Waals surface area contributed by atoms with Crippen LogP contribution in [0.15, 0.2) is 11.0 Å². The van der Waals surface area contributed by atoms with E-state index in [4.69, 9.17) is 9.92 Å². The van der Waals surface area contributed by atoms with Gasteiger partial charge in [0.15, 0.2) is 0 Å². The minimum absolute atomic E-state index is 0.0189. The van der Waals surface area contributed by atoms with Crippen LogP contribution in [0.2, 0.25) is 0 Å². The highest BCUT2D eigenvalue weighted by Crippen LogP contribution is 2.31. The SMILES string of the molecule is CCC1C/C(=C(/C)C#N)B(N(C(C)C)C(C)C)O1. The predicted molar refractivity (Wildman–Crippen MR) is 76.0 cm³/mol. The lowest BCUT2D eigenvalue weighted by atomic mass is 9.67. The zero-order valence-corrected chi connectivity index (χ0v) is 12.5. The Hall–Kier alpha value is -0.785. The van der Waals surface area contributed by atoms with Crippen LogP contribution in [0, 0.1) is 11.3 Å². The molecule has 0 amide bonds. The van der Waals surface area contributed by atoms with Crippen molar-refractivity contribution >= 4 is 7.05 Å². The van der Waals surface area contributed by atoms with Crippen molar-refractivity contribution < 1.29 is 4.65 Å². The van der Waals surface area contributed by atoms with E-state index < -0.39 is 0 Å². The maximum atomic E-state index is 9.15. The lowest BCUT2D eigenvalue weighted by Crippen LogP contribution is -2.49. The molecular weight excluding hydrogens is 223 g/mol. The first-order chi connectivity index (χ1) is 8.42. The van der Waals surface area contributed by atoms with Crippen LogP contribution in [-0.2, 0) is 4.65 Å². The van der Waals surface area contributed by atoms with Crippen molar-refractivity contribution in [2.24, 2.45) is 0 Å². The molecule has 1 saturated heterocycles. The smallest absolute Gasteiger partial charge is 0.415 e. The zero-order chi connectivity index (χ0) is 13.9. The quantitative estimate of drug-likeness (QED) is 0.566. The van der Waals surface area contributed by atoms with E-state index in [9.17, 15) is 0 Å². The van der Waals surface area contributed by atoms with Crippen molar-refractivity contribution in [3.05, 3.63) is 11.0 Å². The molecule has 3 nitrogen and oxygen atoms in total. The molecule has 1 atom stereocenters. The summed E-state index contributed by atoms with van der Waals surface area (Å²) in [7, 11) is -0.0189. The maximum absolute atomic E-state index is 9.15. The van der Waals surface area contributed by atoms with Crippen LogP contribution < -0.4 is 0 Å².